The molecule has 0 bridgehead atoms. The van der Waals surface area contributed by atoms with Crippen LogP contribution in [0.4, 0.5) is 0 Å². The summed E-state index contributed by atoms with van der Waals surface area (Å²) in [7, 11) is 0. The number of allylic oxidation sites excluding steroid dienone is 1. The molecular weight excluding hydrogens is 330 g/mol. The van der Waals surface area contributed by atoms with Gasteiger partial charge in [0.1, 0.15) is 0 Å². The minimum absolute atomic E-state index is 0.740. The fraction of sp³-hybridized carbons (Fsp3) is 0.208. The van der Waals surface area contributed by atoms with Crippen molar-refractivity contribution in [3.8, 4) is 11.4 Å². The van der Waals surface area contributed by atoms with E-state index in [4.69, 9.17) is 4.99 Å². The van der Waals surface area contributed by atoms with Crippen molar-refractivity contribution >= 4 is 5.71 Å². The standard InChI is InChI=1S/C24H25N3/c1-3-19(15-20-11-7-5-8-12-20)16-25-23(4-2)22-17-26-24(27-18-22)21-13-9-6-10-14-21/h5-14,16-18H,3-4,15H2,1-2H3. The third-order valence-electron chi connectivity index (χ3n) is 4.48. The van der Waals surface area contributed by atoms with Crippen molar-refractivity contribution in [3.05, 3.63) is 96.0 Å². The van der Waals surface area contributed by atoms with E-state index in [1.807, 2.05) is 55.0 Å². The average Bonchev–Trinajstić information content (AvgIpc) is 2.75. The summed E-state index contributed by atoms with van der Waals surface area (Å²) in [5.41, 5.74) is 5.63. The van der Waals surface area contributed by atoms with Gasteiger partial charge in [0.05, 0.1) is 5.71 Å². The molecule has 3 nitrogen and oxygen atoms in total. The maximum Gasteiger partial charge on any atom is 0.159 e. The zero-order valence-corrected chi connectivity index (χ0v) is 16.0. The molecule has 1 heterocycles. The quantitative estimate of drug-likeness (QED) is 0.496. The predicted molar refractivity (Wildman–Crippen MR) is 113 cm³/mol. The number of aliphatic imine (C=N–C) groups is 1. The summed E-state index contributed by atoms with van der Waals surface area (Å²) in [5, 5.41) is 0. The lowest BCUT2D eigenvalue weighted by Gasteiger charge is -2.06. The van der Waals surface area contributed by atoms with Gasteiger partial charge in [0.15, 0.2) is 5.82 Å². The molecule has 0 saturated heterocycles. The Labute approximate surface area is 161 Å². The van der Waals surface area contributed by atoms with Crippen molar-refractivity contribution in [2.24, 2.45) is 4.99 Å². The average molecular weight is 355 g/mol. The van der Waals surface area contributed by atoms with Crippen LogP contribution < -0.4 is 0 Å². The Balaban J connectivity index is 1.78. The van der Waals surface area contributed by atoms with Gasteiger partial charge >= 0.3 is 0 Å². The highest BCUT2D eigenvalue weighted by Gasteiger charge is 2.05. The van der Waals surface area contributed by atoms with E-state index in [0.717, 1.165) is 41.9 Å². The molecule has 0 amide bonds. The first-order valence-electron chi connectivity index (χ1n) is 9.46. The second-order valence-corrected chi connectivity index (χ2v) is 6.39. The van der Waals surface area contributed by atoms with Crippen molar-refractivity contribution in [3.63, 3.8) is 0 Å². The van der Waals surface area contributed by atoms with Gasteiger partial charge in [0.25, 0.3) is 0 Å². The van der Waals surface area contributed by atoms with Crippen LogP contribution in [0.15, 0.2) is 89.8 Å². The highest BCUT2D eigenvalue weighted by atomic mass is 14.9. The van der Waals surface area contributed by atoms with Gasteiger partial charge in [-0.2, -0.15) is 0 Å². The van der Waals surface area contributed by atoms with E-state index >= 15 is 0 Å². The van der Waals surface area contributed by atoms with Crippen molar-refractivity contribution in [2.45, 2.75) is 33.1 Å². The molecule has 1 aromatic heterocycles. The molecule has 0 saturated carbocycles. The molecule has 0 spiro atoms. The molecule has 0 aliphatic carbocycles. The maximum atomic E-state index is 4.76. The fourth-order valence-electron chi connectivity index (χ4n) is 2.87. The van der Waals surface area contributed by atoms with Crippen LogP contribution in [0.1, 0.15) is 37.8 Å². The zero-order valence-electron chi connectivity index (χ0n) is 16.0. The number of aromatic nitrogens is 2. The van der Waals surface area contributed by atoms with Crippen LogP contribution in [0.2, 0.25) is 0 Å². The summed E-state index contributed by atoms with van der Waals surface area (Å²) in [6.07, 6.45) is 8.51. The first-order chi connectivity index (χ1) is 13.3. The van der Waals surface area contributed by atoms with Gasteiger partial charge in [-0.25, -0.2) is 9.97 Å². The normalized spacial score (nSPS) is 12.2. The third kappa shape index (κ3) is 5.20. The zero-order chi connectivity index (χ0) is 18.9. The molecule has 2 aromatic carbocycles. The topological polar surface area (TPSA) is 38.1 Å². The Morgan fingerprint density at radius 2 is 1.48 bits per heavy atom. The van der Waals surface area contributed by atoms with Crippen molar-refractivity contribution in [1.29, 1.82) is 0 Å². The van der Waals surface area contributed by atoms with Gasteiger partial charge < -0.3 is 0 Å². The summed E-state index contributed by atoms with van der Waals surface area (Å²) in [4.78, 5) is 13.8. The smallest absolute Gasteiger partial charge is 0.159 e. The second-order valence-electron chi connectivity index (χ2n) is 6.39. The van der Waals surface area contributed by atoms with Crippen LogP contribution in [-0.4, -0.2) is 15.7 Å². The van der Waals surface area contributed by atoms with E-state index < -0.39 is 0 Å². The van der Waals surface area contributed by atoms with Crippen LogP contribution >= 0.6 is 0 Å². The molecular formula is C24H25N3. The molecule has 0 fully saturated rings. The number of rotatable bonds is 7. The van der Waals surface area contributed by atoms with Gasteiger partial charge in [0, 0.05) is 29.7 Å². The lowest BCUT2D eigenvalue weighted by Crippen LogP contribution is -2.02. The van der Waals surface area contributed by atoms with Gasteiger partial charge in [-0.3, -0.25) is 4.99 Å². The first-order valence-corrected chi connectivity index (χ1v) is 9.46. The predicted octanol–water partition coefficient (Wildman–Crippen LogP) is 5.88. The monoisotopic (exact) mass is 355 g/mol. The number of benzene rings is 2. The molecule has 0 aliphatic rings. The Kier molecular flexibility index (Phi) is 6.64. The molecule has 0 unspecified atom stereocenters. The van der Waals surface area contributed by atoms with Crippen LogP contribution in [-0.2, 0) is 6.42 Å². The van der Waals surface area contributed by atoms with E-state index in [2.05, 4.69) is 48.1 Å². The van der Waals surface area contributed by atoms with Gasteiger partial charge in [0.2, 0.25) is 0 Å². The van der Waals surface area contributed by atoms with Crippen molar-refractivity contribution < 1.29 is 0 Å². The Hall–Kier alpha value is -3.07. The van der Waals surface area contributed by atoms with Gasteiger partial charge in [-0.05, 0) is 30.4 Å². The highest BCUT2D eigenvalue weighted by molar-refractivity contribution is 6.00. The van der Waals surface area contributed by atoms with E-state index in [1.54, 1.807) is 0 Å². The third-order valence-corrected chi connectivity index (χ3v) is 4.48. The second kappa shape index (κ2) is 9.58. The van der Waals surface area contributed by atoms with Crippen LogP contribution in [0.25, 0.3) is 11.4 Å². The highest BCUT2D eigenvalue weighted by Crippen LogP contribution is 2.15. The van der Waals surface area contributed by atoms with E-state index in [9.17, 15) is 0 Å². The molecule has 0 radical (unpaired) electrons. The molecule has 3 aromatic rings. The van der Waals surface area contributed by atoms with Crippen molar-refractivity contribution in [1.82, 2.24) is 9.97 Å². The minimum atomic E-state index is 0.740. The van der Waals surface area contributed by atoms with Gasteiger partial charge in [-0.1, -0.05) is 74.5 Å². The molecule has 136 valence electrons. The molecule has 3 rings (SSSR count). The molecule has 0 aliphatic heterocycles. The molecule has 3 heteroatoms. The van der Waals surface area contributed by atoms with Gasteiger partial charge in [-0.15, -0.1) is 0 Å². The molecule has 0 N–H and O–H groups in total. The Morgan fingerprint density at radius 3 is 2.07 bits per heavy atom. The maximum absolute atomic E-state index is 4.76. The number of hydrogen-bond donors (Lipinski definition) is 0. The van der Waals surface area contributed by atoms with Crippen LogP contribution in [0.5, 0.6) is 0 Å². The Bertz CT molecular complexity index is 895. The fourth-order valence-corrected chi connectivity index (χ4v) is 2.87. The lowest BCUT2D eigenvalue weighted by atomic mass is 10.0. The van der Waals surface area contributed by atoms with Crippen LogP contribution in [0.3, 0.4) is 0 Å². The largest absolute Gasteiger partial charge is 0.261 e. The first kappa shape index (κ1) is 18.7. The van der Waals surface area contributed by atoms with E-state index in [-0.39, 0.29) is 0 Å². The summed E-state index contributed by atoms with van der Waals surface area (Å²) in [6, 6.07) is 20.5. The van der Waals surface area contributed by atoms with E-state index in [0.29, 0.717) is 0 Å². The summed E-state index contributed by atoms with van der Waals surface area (Å²) < 4.78 is 0. The van der Waals surface area contributed by atoms with Crippen LogP contribution in [0, 0.1) is 0 Å². The number of hydrogen-bond acceptors (Lipinski definition) is 3. The molecule has 0 atom stereocenters. The summed E-state index contributed by atoms with van der Waals surface area (Å²) in [5.74, 6) is 0.740. The van der Waals surface area contributed by atoms with Crippen molar-refractivity contribution in [2.75, 3.05) is 0 Å². The number of nitrogens with zero attached hydrogens (tertiary/aromatic N) is 3. The minimum Gasteiger partial charge on any atom is -0.261 e. The SMILES string of the molecule is CCC(=CN=C(CC)c1cnc(-c2ccccc2)nc1)Cc1ccccc1. The lowest BCUT2D eigenvalue weighted by molar-refractivity contribution is 0.993. The molecule has 27 heavy (non-hydrogen) atoms. The summed E-state index contributed by atoms with van der Waals surface area (Å²) >= 11 is 0. The Morgan fingerprint density at radius 1 is 0.852 bits per heavy atom. The summed E-state index contributed by atoms with van der Waals surface area (Å²) in [6.45, 7) is 4.29. The van der Waals surface area contributed by atoms with E-state index in [1.165, 1.54) is 11.1 Å².